The van der Waals surface area contributed by atoms with Gasteiger partial charge in [0.2, 0.25) is 0 Å². The maximum absolute atomic E-state index is 11.0. The van der Waals surface area contributed by atoms with E-state index in [1.165, 1.54) is 0 Å². The number of imidazole rings is 1. The van der Waals surface area contributed by atoms with Crippen molar-refractivity contribution in [3.05, 3.63) is 82.4 Å². The first-order valence-corrected chi connectivity index (χ1v) is 7.99. The Morgan fingerprint density at radius 3 is 2.33 bits per heavy atom. The van der Waals surface area contributed by atoms with Crippen LogP contribution in [-0.2, 0) is 6.61 Å². The Kier molecular flexibility index (Phi) is 4.51. The molecule has 0 aliphatic rings. The number of benzene rings is 2. The molecule has 2 aromatic carbocycles. The maximum Gasteiger partial charge on any atom is 0.105 e. The molecule has 1 atom stereocenters. The van der Waals surface area contributed by atoms with Crippen molar-refractivity contribution in [1.29, 1.82) is 0 Å². The Labute approximate surface area is 142 Å². The van der Waals surface area contributed by atoms with E-state index in [1.54, 1.807) is 12.5 Å². The molecule has 24 heavy (non-hydrogen) atoms. The molecule has 1 unspecified atom stereocenters. The lowest BCUT2D eigenvalue weighted by Gasteiger charge is -2.20. The smallest absolute Gasteiger partial charge is 0.105 e. The highest BCUT2D eigenvalue weighted by Crippen LogP contribution is 2.31. The molecule has 1 aromatic heterocycles. The van der Waals surface area contributed by atoms with Crippen LogP contribution in [0, 0.1) is 20.8 Å². The molecule has 2 N–H and O–H groups in total. The normalized spacial score (nSPS) is 12.4. The number of aryl methyl sites for hydroxylation is 3. The van der Waals surface area contributed by atoms with Crippen molar-refractivity contribution in [2.75, 3.05) is 0 Å². The molecule has 0 aliphatic heterocycles. The highest BCUT2D eigenvalue weighted by molar-refractivity contribution is 5.48. The van der Waals surface area contributed by atoms with E-state index in [-0.39, 0.29) is 6.61 Å². The summed E-state index contributed by atoms with van der Waals surface area (Å²) >= 11 is 0. The van der Waals surface area contributed by atoms with E-state index in [9.17, 15) is 10.2 Å². The van der Waals surface area contributed by atoms with Crippen molar-refractivity contribution in [2.45, 2.75) is 33.5 Å². The van der Waals surface area contributed by atoms with Gasteiger partial charge in [0.15, 0.2) is 0 Å². The fourth-order valence-corrected chi connectivity index (χ4v) is 3.24. The zero-order valence-corrected chi connectivity index (χ0v) is 14.2. The van der Waals surface area contributed by atoms with Crippen LogP contribution in [0.3, 0.4) is 0 Å². The van der Waals surface area contributed by atoms with Gasteiger partial charge in [-0.15, -0.1) is 0 Å². The highest BCUT2D eigenvalue weighted by atomic mass is 16.3. The van der Waals surface area contributed by atoms with Crippen molar-refractivity contribution >= 4 is 0 Å². The molecule has 3 aromatic rings. The molecule has 0 amide bonds. The van der Waals surface area contributed by atoms with Crippen molar-refractivity contribution < 1.29 is 10.2 Å². The van der Waals surface area contributed by atoms with E-state index in [0.29, 0.717) is 0 Å². The van der Waals surface area contributed by atoms with Gasteiger partial charge in [-0.2, -0.15) is 0 Å². The van der Waals surface area contributed by atoms with Gasteiger partial charge in [-0.05, 0) is 66.3 Å². The summed E-state index contributed by atoms with van der Waals surface area (Å²) < 4.78 is 1.92. The molecule has 4 nitrogen and oxygen atoms in total. The Balaban J connectivity index is 2.07. The zero-order chi connectivity index (χ0) is 17.3. The third-order valence-electron chi connectivity index (χ3n) is 4.47. The number of hydrogen-bond donors (Lipinski definition) is 2. The van der Waals surface area contributed by atoms with Gasteiger partial charge in [-0.3, -0.25) is 0 Å². The van der Waals surface area contributed by atoms with E-state index >= 15 is 0 Å². The summed E-state index contributed by atoms with van der Waals surface area (Å²) in [5, 5.41) is 20.4. The summed E-state index contributed by atoms with van der Waals surface area (Å²) in [4.78, 5) is 4.08. The van der Waals surface area contributed by atoms with Gasteiger partial charge in [0.25, 0.3) is 0 Å². The average Bonchev–Trinajstić information content (AvgIpc) is 3.08. The molecule has 4 heteroatoms. The Bertz CT molecular complexity index is 831. The first-order valence-electron chi connectivity index (χ1n) is 7.99. The van der Waals surface area contributed by atoms with Gasteiger partial charge in [-0.1, -0.05) is 18.2 Å². The van der Waals surface area contributed by atoms with Crippen molar-refractivity contribution in [3.8, 4) is 5.69 Å². The lowest BCUT2D eigenvalue weighted by atomic mass is 9.90. The number of aromatic nitrogens is 2. The van der Waals surface area contributed by atoms with Crippen LogP contribution in [0.15, 0.2) is 49.1 Å². The van der Waals surface area contributed by atoms with Crippen LogP contribution in [0.2, 0.25) is 0 Å². The van der Waals surface area contributed by atoms with Crippen LogP contribution in [0.4, 0.5) is 0 Å². The summed E-state index contributed by atoms with van der Waals surface area (Å²) in [6.45, 7) is 5.95. The second-order valence-electron chi connectivity index (χ2n) is 6.21. The van der Waals surface area contributed by atoms with E-state index in [1.807, 2.05) is 61.9 Å². The molecule has 0 bridgehead atoms. The fourth-order valence-electron chi connectivity index (χ4n) is 3.24. The molecular weight excluding hydrogens is 300 g/mol. The van der Waals surface area contributed by atoms with E-state index in [4.69, 9.17) is 0 Å². The van der Waals surface area contributed by atoms with E-state index in [2.05, 4.69) is 4.98 Å². The van der Waals surface area contributed by atoms with Crippen LogP contribution < -0.4 is 0 Å². The molecular formula is C20H22N2O2. The molecule has 0 spiro atoms. The summed E-state index contributed by atoms with van der Waals surface area (Å²) in [5.74, 6) is 0. The summed E-state index contributed by atoms with van der Waals surface area (Å²) in [5.41, 5.74) is 6.62. The third kappa shape index (κ3) is 2.98. The molecule has 0 radical (unpaired) electrons. The van der Waals surface area contributed by atoms with Gasteiger partial charge in [-0.25, -0.2) is 4.98 Å². The monoisotopic (exact) mass is 322 g/mol. The maximum atomic E-state index is 11.0. The Morgan fingerprint density at radius 1 is 1.04 bits per heavy atom. The predicted octanol–water partition coefficient (Wildman–Crippen LogP) is 3.37. The standard InChI is InChI=1S/C20H22N2O2/c1-13-4-5-17(22-7-6-21-12-22)10-18(13)20(24)19-14(2)8-16(11-23)9-15(19)3/h4-10,12,20,23-24H,11H2,1-3H3. The third-order valence-corrected chi connectivity index (χ3v) is 4.47. The van der Waals surface area contributed by atoms with E-state index < -0.39 is 6.10 Å². The first kappa shape index (κ1) is 16.4. The van der Waals surface area contributed by atoms with Crippen LogP contribution in [0.1, 0.15) is 39.5 Å². The minimum atomic E-state index is -0.707. The molecule has 3 rings (SSSR count). The number of nitrogens with zero attached hydrogens (tertiary/aromatic N) is 2. The summed E-state index contributed by atoms with van der Waals surface area (Å²) in [6, 6.07) is 9.89. The van der Waals surface area contributed by atoms with Crippen molar-refractivity contribution in [1.82, 2.24) is 9.55 Å². The number of aliphatic hydroxyl groups excluding tert-OH is 2. The lowest BCUT2D eigenvalue weighted by Crippen LogP contribution is -2.08. The quantitative estimate of drug-likeness (QED) is 0.774. The van der Waals surface area contributed by atoms with Gasteiger partial charge in [0.05, 0.1) is 12.9 Å². The zero-order valence-electron chi connectivity index (χ0n) is 14.2. The van der Waals surface area contributed by atoms with Crippen molar-refractivity contribution in [2.24, 2.45) is 0 Å². The molecule has 124 valence electrons. The number of aliphatic hydroxyl groups is 2. The average molecular weight is 322 g/mol. The summed E-state index contributed by atoms with van der Waals surface area (Å²) in [7, 11) is 0. The molecule has 0 saturated carbocycles. The van der Waals surface area contributed by atoms with Crippen molar-refractivity contribution in [3.63, 3.8) is 0 Å². The van der Waals surface area contributed by atoms with Crippen LogP contribution >= 0.6 is 0 Å². The highest BCUT2D eigenvalue weighted by Gasteiger charge is 2.18. The van der Waals surface area contributed by atoms with Gasteiger partial charge < -0.3 is 14.8 Å². The Morgan fingerprint density at radius 2 is 1.75 bits per heavy atom. The number of hydrogen-bond acceptors (Lipinski definition) is 3. The second kappa shape index (κ2) is 6.59. The molecule has 0 fully saturated rings. The van der Waals surface area contributed by atoms with Gasteiger partial charge in [0, 0.05) is 18.1 Å². The topological polar surface area (TPSA) is 58.3 Å². The molecule has 1 heterocycles. The second-order valence-corrected chi connectivity index (χ2v) is 6.21. The van der Waals surface area contributed by atoms with Crippen LogP contribution in [0.25, 0.3) is 5.69 Å². The lowest BCUT2D eigenvalue weighted by molar-refractivity contribution is 0.217. The van der Waals surface area contributed by atoms with Crippen LogP contribution in [-0.4, -0.2) is 19.8 Å². The largest absolute Gasteiger partial charge is 0.392 e. The summed E-state index contributed by atoms with van der Waals surface area (Å²) in [6.07, 6.45) is 4.65. The Hall–Kier alpha value is -2.43. The van der Waals surface area contributed by atoms with E-state index in [0.717, 1.165) is 39.1 Å². The minimum absolute atomic E-state index is 0.00714. The van der Waals surface area contributed by atoms with Crippen LogP contribution in [0.5, 0.6) is 0 Å². The van der Waals surface area contributed by atoms with Gasteiger partial charge in [0.1, 0.15) is 6.10 Å². The number of rotatable bonds is 4. The fraction of sp³-hybridized carbons (Fsp3) is 0.250. The SMILES string of the molecule is Cc1ccc(-n2ccnc2)cc1C(O)c1c(C)cc(CO)cc1C. The molecule has 0 saturated heterocycles. The first-order chi connectivity index (χ1) is 11.5. The predicted molar refractivity (Wildman–Crippen MR) is 94.2 cm³/mol. The van der Waals surface area contributed by atoms with Gasteiger partial charge >= 0.3 is 0 Å². The minimum Gasteiger partial charge on any atom is -0.392 e. The molecule has 0 aliphatic carbocycles.